The highest BCUT2D eigenvalue weighted by atomic mass is 14.9. The van der Waals surface area contributed by atoms with Gasteiger partial charge in [0.05, 0.1) is 0 Å². The van der Waals surface area contributed by atoms with Crippen molar-refractivity contribution in [3.63, 3.8) is 0 Å². The average Bonchev–Trinajstić information content (AvgIpc) is 2.56. The van der Waals surface area contributed by atoms with Crippen molar-refractivity contribution >= 4 is 0 Å². The molecular formula is C19H26N2. The van der Waals surface area contributed by atoms with Crippen LogP contribution in [0.5, 0.6) is 0 Å². The smallest absolute Gasteiger partial charge is 0.0419 e. The van der Waals surface area contributed by atoms with Crippen molar-refractivity contribution in [2.24, 2.45) is 0 Å². The van der Waals surface area contributed by atoms with Gasteiger partial charge in [-0.25, -0.2) is 0 Å². The Morgan fingerprint density at radius 1 is 1.05 bits per heavy atom. The molecule has 2 atom stereocenters. The number of likely N-dealkylation sites (N-methyl/N-ethyl adjacent to an activating group) is 1. The van der Waals surface area contributed by atoms with Crippen molar-refractivity contribution in [2.75, 3.05) is 7.05 Å². The molecular weight excluding hydrogens is 256 g/mol. The van der Waals surface area contributed by atoms with Gasteiger partial charge in [-0.15, -0.1) is 0 Å². The van der Waals surface area contributed by atoms with Crippen LogP contribution in [-0.2, 0) is 12.8 Å². The Morgan fingerprint density at radius 3 is 2.33 bits per heavy atom. The predicted molar refractivity (Wildman–Crippen MR) is 89.6 cm³/mol. The maximum absolute atomic E-state index is 4.61. The molecule has 0 saturated heterocycles. The first kappa shape index (κ1) is 15.7. The molecule has 21 heavy (non-hydrogen) atoms. The van der Waals surface area contributed by atoms with Gasteiger partial charge in [-0.3, -0.25) is 4.98 Å². The minimum absolute atomic E-state index is 0.414. The third-order valence-electron chi connectivity index (χ3n) is 4.25. The summed E-state index contributed by atoms with van der Waals surface area (Å²) in [5.74, 6) is 0.517. The highest BCUT2D eigenvalue weighted by molar-refractivity contribution is 5.23. The van der Waals surface area contributed by atoms with Crippen molar-refractivity contribution in [2.45, 2.75) is 45.1 Å². The molecule has 2 unspecified atom stereocenters. The van der Waals surface area contributed by atoms with Crippen LogP contribution in [0.15, 0.2) is 48.7 Å². The van der Waals surface area contributed by atoms with Crippen LogP contribution in [0.4, 0.5) is 0 Å². The molecule has 0 bridgehead atoms. The molecule has 0 fully saturated rings. The van der Waals surface area contributed by atoms with Crippen LogP contribution in [0.2, 0.25) is 0 Å². The summed E-state index contributed by atoms with van der Waals surface area (Å²) in [5.41, 5.74) is 3.88. The second-order valence-electron chi connectivity index (χ2n) is 5.54. The highest BCUT2D eigenvalue weighted by Crippen LogP contribution is 2.25. The summed E-state index contributed by atoms with van der Waals surface area (Å²) < 4.78 is 0. The van der Waals surface area contributed by atoms with E-state index >= 15 is 0 Å². The fourth-order valence-corrected chi connectivity index (χ4v) is 2.91. The van der Waals surface area contributed by atoms with E-state index in [1.807, 2.05) is 6.20 Å². The van der Waals surface area contributed by atoms with Crippen LogP contribution in [0.3, 0.4) is 0 Å². The predicted octanol–water partition coefficient (Wildman–Crippen LogP) is 3.97. The third kappa shape index (κ3) is 4.15. The van der Waals surface area contributed by atoms with E-state index in [0.717, 1.165) is 19.3 Å². The average molecular weight is 282 g/mol. The quantitative estimate of drug-likeness (QED) is 0.831. The minimum Gasteiger partial charge on any atom is -0.316 e. The van der Waals surface area contributed by atoms with E-state index in [-0.39, 0.29) is 0 Å². The van der Waals surface area contributed by atoms with Crippen molar-refractivity contribution in [3.8, 4) is 0 Å². The number of rotatable bonds is 7. The molecule has 0 saturated carbocycles. The van der Waals surface area contributed by atoms with Gasteiger partial charge in [0.15, 0.2) is 0 Å². The Bertz CT molecular complexity index is 519. The minimum atomic E-state index is 0.414. The molecule has 0 aliphatic carbocycles. The van der Waals surface area contributed by atoms with Gasteiger partial charge in [0.25, 0.3) is 0 Å². The van der Waals surface area contributed by atoms with Crippen molar-refractivity contribution in [1.82, 2.24) is 10.3 Å². The molecule has 0 spiro atoms. The Balaban J connectivity index is 2.13. The monoisotopic (exact) mass is 282 g/mol. The molecule has 1 N–H and O–H groups in total. The molecule has 2 rings (SSSR count). The van der Waals surface area contributed by atoms with Gasteiger partial charge in [-0.05, 0) is 43.0 Å². The summed E-state index contributed by atoms with van der Waals surface area (Å²) in [6.07, 6.45) is 5.15. The molecule has 112 valence electrons. The van der Waals surface area contributed by atoms with Gasteiger partial charge >= 0.3 is 0 Å². The Hall–Kier alpha value is -1.67. The Morgan fingerprint density at radius 2 is 1.81 bits per heavy atom. The zero-order valence-corrected chi connectivity index (χ0v) is 13.3. The number of aromatic nitrogens is 1. The van der Waals surface area contributed by atoms with Gasteiger partial charge in [-0.1, -0.05) is 50.2 Å². The first-order chi connectivity index (χ1) is 10.3. The first-order valence-corrected chi connectivity index (χ1v) is 7.94. The molecule has 2 heteroatoms. The maximum Gasteiger partial charge on any atom is 0.0419 e. The summed E-state index contributed by atoms with van der Waals surface area (Å²) in [5, 5.41) is 3.49. The van der Waals surface area contributed by atoms with Gasteiger partial charge in [0.2, 0.25) is 0 Å². The molecule has 0 aliphatic rings. The zero-order valence-electron chi connectivity index (χ0n) is 13.3. The maximum atomic E-state index is 4.61. The molecule has 2 nitrogen and oxygen atoms in total. The van der Waals surface area contributed by atoms with E-state index < -0.39 is 0 Å². The van der Waals surface area contributed by atoms with E-state index in [2.05, 4.69) is 73.7 Å². The van der Waals surface area contributed by atoms with Gasteiger partial charge in [-0.2, -0.15) is 0 Å². The molecule has 0 radical (unpaired) electrons. The summed E-state index contributed by atoms with van der Waals surface area (Å²) in [6, 6.07) is 15.6. The zero-order chi connectivity index (χ0) is 15.1. The van der Waals surface area contributed by atoms with Crippen LogP contribution in [-0.4, -0.2) is 18.1 Å². The largest absolute Gasteiger partial charge is 0.316 e. The molecule has 0 aliphatic heterocycles. The lowest BCUT2D eigenvalue weighted by molar-refractivity contribution is 0.445. The van der Waals surface area contributed by atoms with Crippen LogP contribution in [0.1, 0.15) is 43.0 Å². The fourth-order valence-electron chi connectivity index (χ4n) is 2.91. The standard InChI is InChI=1S/C19H26N2/c1-4-15-11-12-17(21-14-15)13-19(20-3)18(5-2)16-9-7-6-8-10-16/h6-12,14,18-20H,4-5,13H2,1-3H3. The summed E-state index contributed by atoms with van der Waals surface area (Å²) in [4.78, 5) is 4.61. The molecule has 2 aromatic rings. The second kappa shape index (κ2) is 7.94. The topological polar surface area (TPSA) is 24.9 Å². The Kier molecular flexibility index (Phi) is 5.94. The van der Waals surface area contributed by atoms with E-state index in [1.54, 1.807) is 0 Å². The van der Waals surface area contributed by atoms with Crippen LogP contribution in [0, 0.1) is 0 Å². The molecule has 1 heterocycles. The lowest BCUT2D eigenvalue weighted by Crippen LogP contribution is -2.34. The first-order valence-electron chi connectivity index (χ1n) is 7.94. The number of aryl methyl sites for hydroxylation is 1. The number of pyridine rings is 1. The van der Waals surface area contributed by atoms with Crippen molar-refractivity contribution in [3.05, 3.63) is 65.5 Å². The SMILES string of the molecule is CCc1ccc(CC(NC)C(CC)c2ccccc2)nc1. The summed E-state index contributed by atoms with van der Waals surface area (Å²) in [7, 11) is 2.05. The van der Waals surface area contributed by atoms with Crippen molar-refractivity contribution in [1.29, 1.82) is 0 Å². The number of hydrogen-bond donors (Lipinski definition) is 1. The number of nitrogens with one attached hydrogen (secondary N) is 1. The summed E-state index contributed by atoms with van der Waals surface area (Å²) >= 11 is 0. The summed E-state index contributed by atoms with van der Waals surface area (Å²) in [6.45, 7) is 4.42. The van der Waals surface area contributed by atoms with Gasteiger partial charge < -0.3 is 5.32 Å². The van der Waals surface area contributed by atoms with E-state index in [1.165, 1.54) is 16.8 Å². The molecule has 1 aromatic heterocycles. The van der Waals surface area contributed by atoms with Crippen LogP contribution < -0.4 is 5.32 Å². The van der Waals surface area contributed by atoms with Gasteiger partial charge in [0.1, 0.15) is 0 Å². The van der Waals surface area contributed by atoms with E-state index in [0.29, 0.717) is 12.0 Å². The highest BCUT2D eigenvalue weighted by Gasteiger charge is 2.20. The van der Waals surface area contributed by atoms with Crippen molar-refractivity contribution < 1.29 is 0 Å². The Labute approximate surface area is 128 Å². The van der Waals surface area contributed by atoms with E-state index in [4.69, 9.17) is 0 Å². The number of hydrogen-bond acceptors (Lipinski definition) is 2. The normalized spacial score (nSPS) is 13.9. The molecule has 0 amide bonds. The van der Waals surface area contributed by atoms with E-state index in [9.17, 15) is 0 Å². The number of benzene rings is 1. The lowest BCUT2D eigenvalue weighted by Gasteiger charge is -2.26. The van der Waals surface area contributed by atoms with Crippen LogP contribution >= 0.6 is 0 Å². The second-order valence-corrected chi connectivity index (χ2v) is 5.54. The number of nitrogens with zero attached hydrogens (tertiary/aromatic N) is 1. The van der Waals surface area contributed by atoms with Gasteiger partial charge in [0, 0.05) is 24.4 Å². The lowest BCUT2D eigenvalue weighted by atomic mass is 9.86. The molecule has 1 aromatic carbocycles. The van der Waals surface area contributed by atoms with Crippen LogP contribution in [0.25, 0.3) is 0 Å². The fraction of sp³-hybridized carbons (Fsp3) is 0.421. The third-order valence-corrected chi connectivity index (χ3v) is 4.25.